The molecule has 1 aromatic carbocycles. The quantitative estimate of drug-likeness (QED) is 0.633. The second-order valence-electron chi connectivity index (χ2n) is 3.80. The monoisotopic (exact) mass is 258 g/mol. The Hall–Kier alpha value is -0.810. The zero-order valence-corrected chi connectivity index (χ0v) is 10.7. The zero-order valence-electron chi connectivity index (χ0n) is 9.95. The lowest BCUT2D eigenvalue weighted by Crippen LogP contribution is -2.33. The first kappa shape index (κ1) is 14.3. The van der Waals surface area contributed by atoms with Crippen LogP contribution in [-0.4, -0.2) is 38.0 Å². The van der Waals surface area contributed by atoms with Gasteiger partial charge in [-0.3, -0.25) is 0 Å². The maximum Gasteiger partial charge on any atom is 0.122 e. The Bertz CT molecular complexity index is 347. The second-order valence-corrected chi connectivity index (χ2v) is 4.24. The van der Waals surface area contributed by atoms with Gasteiger partial charge in [-0.05, 0) is 36.7 Å². The summed E-state index contributed by atoms with van der Waals surface area (Å²) in [5, 5.41) is 13.1. The van der Waals surface area contributed by atoms with Crippen molar-refractivity contribution in [3.05, 3.63) is 28.8 Å². The number of ether oxygens (including phenoxy) is 1. The Kier molecular flexibility index (Phi) is 6.29. The van der Waals surface area contributed by atoms with Crippen LogP contribution in [0.1, 0.15) is 5.56 Å². The van der Waals surface area contributed by atoms with E-state index in [4.69, 9.17) is 22.1 Å². The van der Waals surface area contributed by atoms with Crippen LogP contribution < -0.4 is 15.8 Å². The van der Waals surface area contributed by atoms with E-state index >= 15 is 0 Å². The van der Waals surface area contributed by atoms with Gasteiger partial charge in [0.05, 0.1) is 13.2 Å². The minimum Gasteiger partial charge on any atom is -0.496 e. The molecule has 0 bridgehead atoms. The molecule has 0 aromatic heterocycles. The van der Waals surface area contributed by atoms with Gasteiger partial charge in [0.15, 0.2) is 0 Å². The third-order valence-electron chi connectivity index (χ3n) is 2.47. The van der Waals surface area contributed by atoms with Crippen molar-refractivity contribution >= 4 is 11.6 Å². The van der Waals surface area contributed by atoms with Crippen LogP contribution in [0.3, 0.4) is 0 Å². The number of aliphatic hydroxyl groups is 1. The smallest absolute Gasteiger partial charge is 0.122 e. The van der Waals surface area contributed by atoms with Crippen molar-refractivity contribution in [3.8, 4) is 5.75 Å². The third-order valence-corrected chi connectivity index (χ3v) is 2.70. The van der Waals surface area contributed by atoms with Crippen molar-refractivity contribution in [1.29, 1.82) is 0 Å². The van der Waals surface area contributed by atoms with Gasteiger partial charge in [-0.15, -0.1) is 0 Å². The van der Waals surface area contributed by atoms with Gasteiger partial charge in [0.25, 0.3) is 0 Å². The summed E-state index contributed by atoms with van der Waals surface area (Å²) in [5.41, 5.74) is 6.35. The van der Waals surface area contributed by atoms with Gasteiger partial charge in [-0.2, -0.15) is 0 Å². The molecule has 5 heteroatoms. The van der Waals surface area contributed by atoms with Crippen LogP contribution in [0.15, 0.2) is 18.2 Å². The molecule has 1 aromatic rings. The van der Waals surface area contributed by atoms with Gasteiger partial charge in [0.2, 0.25) is 0 Å². The van der Waals surface area contributed by atoms with E-state index in [2.05, 4.69) is 5.32 Å². The van der Waals surface area contributed by atoms with Crippen molar-refractivity contribution < 1.29 is 9.84 Å². The average Bonchev–Trinajstić information content (AvgIpc) is 2.34. The van der Waals surface area contributed by atoms with E-state index in [1.807, 2.05) is 12.1 Å². The summed E-state index contributed by atoms with van der Waals surface area (Å²) in [6, 6.07) is 5.54. The van der Waals surface area contributed by atoms with Crippen LogP contribution in [-0.2, 0) is 6.42 Å². The molecule has 0 fully saturated rings. The minimum absolute atomic E-state index is 0.271. The van der Waals surface area contributed by atoms with Gasteiger partial charge < -0.3 is 20.9 Å². The summed E-state index contributed by atoms with van der Waals surface area (Å²) in [6.07, 6.45) is 0.303. The maximum absolute atomic E-state index is 9.27. The standard InChI is InChI=1S/C12H19ClN2O2/c1-17-12-3-2-10(13)6-9(12)4-5-15-8-11(16)7-14/h2-3,6,11,15-16H,4-5,7-8,14H2,1H3. The lowest BCUT2D eigenvalue weighted by Gasteiger charge is -2.11. The van der Waals surface area contributed by atoms with Crippen molar-refractivity contribution in [1.82, 2.24) is 5.32 Å². The summed E-state index contributed by atoms with van der Waals surface area (Å²) >= 11 is 5.93. The van der Waals surface area contributed by atoms with Crippen molar-refractivity contribution in [2.45, 2.75) is 12.5 Å². The van der Waals surface area contributed by atoms with Gasteiger partial charge in [-0.25, -0.2) is 0 Å². The van der Waals surface area contributed by atoms with Gasteiger partial charge in [0.1, 0.15) is 5.75 Å². The molecule has 1 atom stereocenters. The van der Waals surface area contributed by atoms with Crippen LogP contribution in [0.4, 0.5) is 0 Å². The number of nitrogens with one attached hydrogen (secondary N) is 1. The third kappa shape index (κ3) is 4.91. The van der Waals surface area contributed by atoms with Crippen molar-refractivity contribution in [2.75, 3.05) is 26.7 Å². The second kappa shape index (κ2) is 7.50. The Morgan fingerprint density at radius 1 is 1.53 bits per heavy atom. The van der Waals surface area contributed by atoms with Crippen molar-refractivity contribution in [3.63, 3.8) is 0 Å². The number of aliphatic hydroxyl groups excluding tert-OH is 1. The highest BCUT2D eigenvalue weighted by molar-refractivity contribution is 6.30. The number of benzene rings is 1. The molecule has 0 aliphatic heterocycles. The number of methoxy groups -OCH3 is 1. The highest BCUT2D eigenvalue weighted by Crippen LogP contribution is 2.22. The molecule has 0 saturated heterocycles. The molecule has 17 heavy (non-hydrogen) atoms. The molecule has 0 spiro atoms. The summed E-state index contributed by atoms with van der Waals surface area (Å²) in [7, 11) is 1.64. The molecule has 0 aliphatic carbocycles. The van der Waals surface area contributed by atoms with Crippen LogP contribution in [0, 0.1) is 0 Å². The molecule has 0 aliphatic rings. The highest BCUT2D eigenvalue weighted by atomic mass is 35.5. The predicted octanol–water partition coefficient (Wildman–Crippen LogP) is 0.800. The maximum atomic E-state index is 9.27. The lowest BCUT2D eigenvalue weighted by molar-refractivity contribution is 0.180. The Labute approximate surface area is 107 Å². The molecule has 4 nitrogen and oxygen atoms in total. The molecular formula is C12H19ClN2O2. The number of nitrogens with two attached hydrogens (primary N) is 1. The first-order chi connectivity index (χ1) is 8.17. The minimum atomic E-state index is -0.490. The Morgan fingerprint density at radius 2 is 2.29 bits per heavy atom. The van der Waals surface area contributed by atoms with E-state index in [1.54, 1.807) is 13.2 Å². The van der Waals surface area contributed by atoms with Gasteiger partial charge in [0, 0.05) is 18.1 Å². The molecule has 0 heterocycles. The zero-order chi connectivity index (χ0) is 12.7. The summed E-state index contributed by atoms with van der Waals surface area (Å²) in [6.45, 7) is 1.51. The summed E-state index contributed by atoms with van der Waals surface area (Å²) < 4.78 is 5.24. The fraction of sp³-hybridized carbons (Fsp3) is 0.500. The normalized spacial score (nSPS) is 12.5. The molecule has 4 N–H and O–H groups in total. The van der Waals surface area contributed by atoms with Gasteiger partial charge in [-0.1, -0.05) is 11.6 Å². The van der Waals surface area contributed by atoms with E-state index < -0.39 is 6.10 Å². The largest absolute Gasteiger partial charge is 0.496 e. The van der Waals surface area contributed by atoms with E-state index in [1.165, 1.54) is 0 Å². The number of hydrogen-bond acceptors (Lipinski definition) is 4. The van der Waals surface area contributed by atoms with E-state index in [0.29, 0.717) is 11.6 Å². The molecule has 1 unspecified atom stereocenters. The van der Waals surface area contributed by atoms with Crippen LogP contribution in [0.5, 0.6) is 5.75 Å². The Morgan fingerprint density at radius 3 is 2.94 bits per heavy atom. The molecule has 0 radical (unpaired) electrons. The number of hydrogen-bond donors (Lipinski definition) is 3. The highest BCUT2D eigenvalue weighted by Gasteiger charge is 2.04. The van der Waals surface area contributed by atoms with Crippen LogP contribution >= 0.6 is 11.6 Å². The fourth-order valence-corrected chi connectivity index (χ4v) is 1.71. The predicted molar refractivity (Wildman–Crippen MR) is 69.6 cm³/mol. The Balaban J connectivity index is 2.42. The lowest BCUT2D eigenvalue weighted by atomic mass is 10.1. The molecule has 0 amide bonds. The molecule has 0 saturated carbocycles. The fourth-order valence-electron chi connectivity index (χ4n) is 1.52. The molecule has 96 valence electrons. The van der Waals surface area contributed by atoms with Crippen LogP contribution in [0.2, 0.25) is 5.02 Å². The topological polar surface area (TPSA) is 67.5 Å². The van der Waals surface area contributed by atoms with Crippen LogP contribution in [0.25, 0.3) is 0 Å². The number of rotatable bonds is 7. The summed E-state index contributed by atoms with van der Waals surface area (Å²) in [5.74, 6) is 0.829. The van der Waals surface area contributed by atoms with Gasteiger partial charge >= 0.3 is 0 Å². The molecule has 1 rings (SSSR count). The summed E-state index contributed by atoms with van der Waals surface area (Å²) in [4.78, 5) is 0. The van der Waals surface area contributed by atoms with E-state index in [0.717, 1.165) is 24.3 Å². The first-order valence-corrected chi connectivity index (χ1v) is 5.96. The van der Waals surface area contributed by atoms with E-state index in [-0.39, 0.29) is 6.54 Å². The first-order valence-electron chi connectivity index (χ1n) is 5.58. The SMILES string of the molecule is COc1ccc(Cl)cc1CCNCC(O)CN. The van der Waals surface area contributed by atoms with E-state index in [9.17, 15) is 5.11 Å². The molecular weight excluding hydrogens is 240 g/mol. The number of halogens is 1. The van der Waals surface area contributed by atoms with Crippen molar-refractivity contribution in [2.24, 2.45) is 5.73 Å². The average molecular weight is 259 g/mol.